The summed E-state index contributed by atoms with van der Waals surface area (Å²) in [6.45, 7) is 1.74. The highest BCUT2D eigenvalue weighted by atomic mass is 32.2. The van der Waals surface area contributed by atoms with Gasteiger partial charge in [-0.2, -0.15) is 0 Å². The molecule has 0 bridgehead atoms. The Kier molecular flexibility index (Phi) is 2.27. The van der Waals surface area contributed by atoms with Gasteiger partial charge in [0.05, 0.1) is 17.0 Å². The summed E-state index contributed by atoms with van der Waals surface area (Å²) in [5.41, 5.74) is 4.46. The van der Waals surface area contributed by atoms with Gasteiger partial charge in [0.15, 0.2) is 9.84 Å². The van der Waals surface area contributed by atoms with E-state index in [9.17, 15) is 13.2 Å². The molecule has 0 unspecified atom stereocenters. The fourth-order valence-corrected chi connectivity index (χ4v) is 3.70. The van der Waals surface area contributed by atoms with Gasteiger partial charge >= 0.3 is 6.03 Å². The molecule has 0 aliphatic carbocycles. The van der Waals surface area contributed by atoms with E-state index in [1.807, 2.05) is 0 Å². The molecule has 0 radical (unpaired) electrons. The van der Waals surface area contributed by atoms with E-state index in [-0.39, 0.29) is 11.5 Å². The quantitative estimate of drug-likeness (QED) is 0.632. The van der Waals surface area contributed by atoms with Crippen molar-refractivity contribution in [2.45, 2.75) is 18.9 Å². The minimum Gasteiger partial charge on any atom is -0.351 e. The Labute approximate surface area is 77.8 Å². The lowest BCUT2D eigenvalue weighted by Crippen LogP contribution is -2.50. The Morgan fingerprint density at radius 3 is 2.38 bits per heavy atom. The first-order valence-corrected chi connectivity index (χ1v) is 5.83. The second-order valence-corrected chi connectivity index (χ2v) is 5.92. The molecule has 1 atom stereocenters. The average molecular weight is 206 g/mol. The molecule has 0 spiro atoms. The maximum Gasteiger partial charge on any atom is 0.315 e. The van der Waals surface area contributed by atoms with Crippen molar-refractivity contribution in [2.75, 3.05) is 18.6 Å². The molecular weight excluding hydrogens is 192 g/mol. The maximum absolute atomic E-state index is 11.2. The molecule has 1 fully saturated rings. The smallest absolute Gasteiger partial charge is 0.315 e. The van der Waals surface area contributed by atoms with E-state index in [4.69, 9.17) is 5.73 Å². The number of rotatable bonds is 1. The third kappa shape index (κ3) is 1.93. The fraction of sp³-hybridized carbons (Fsp3) is 0.857. The van der Waals surface area contributed by atoms with Gasteiger partial charge in [-0.05, 0) is 13.3 Å². The lowest BCUT2D eigenvalue weighted by molar-refractivity contribution is 0.168. The zero-order chi connectivity index (χ0) is 10.3. The van der Waals surface area contributed by atoms with E-state index in [1.54, 1.807) is 6.92 Å². The van der Waals surface area contributed by atoms with Crippen LogP contribution in [0.2, 0.25) is 0 Å². The molecule has 1 aliphatic heterocycles. The van der Waals surface area contributed by atoms with Crippen LogP contribution in [-0.2, 0) is 9.84 Å². The summed E-state index contributed by atoms with van der Waals surface area (Å²) in [7, 11) is -1.45. The van der Waals surface area contributed by atoms with E-state index < -0.39 is 21.4 Å². The highest BCUT2D eigenvalue weighted by molar-refractivity contribution is 7.91. The molecular formula is C7H14N2O3S. The Balaban J connectivity index is 2.87. The van der Waals surface area contributed by atoms with Crippen LogP contribution in [-0.4, -0.2) is 43.4 Å². The van der Waals surface area contributed by atoms with E-state index in [2.05, 4.69) is 0 Å². The molecule has 0 aromatic heterocycles. The van der Waals surface area contributed by atoms with E-state index in [1.165, 1.54) is 11.9 Å². The highest BCUT2D eigenvalue weighted by Gasteiger charge is 2.42. The molecule has 2 amide bonds. The summed E-state index contributed by atoms with van der Waals surface area (Å²) in [5, 5.41) is 0. The summed E-state index contributed by atoms with van der Waals surface area (Å²) in [6.07, 6.45) is 0.467. The predicted octanol–water partition coefficient (Wildman–Crippen LogP) is -0.426. The molecule has 1 aliphatic rings. The molecule has 0 aromatic carbocycles. The van der Waals surface area contributed by atoms with Gasteiger partial charge in [0.25, 0.3) is 0 Å². The minimum absolute atomic E-state index is 0.0133. The van der Waals surface area contributed by atoms with Gasteiger partial charge in [-0.15, -0.1) is 0 Å². The number of carbonyl (C=O) groups excluding carboxylic acids is 1. The van der Waals surface area contributed by atoms with Gasteiger partial charge in [-0.1, -0.05) is 0 Å². The zero-order valence-electron chi connectivity index (χ0n) is 7.78. The van der Waals surface area contributed by atoms with Crippen molar-refractivity contribution in [1.29, 1.82) is 0 Å². The normalized spacial score (nSPS) is 31.5. The van der Waals surface area contributed by atoms with Crippen LogP contribution in [0.5, 0.6) is 0 Å². The predicted molar refractivity (Wildman–Crippen MR) is 49.0 cm³/mol. The van der Waals surface area contributed by atoms with Crippen molar-refractivity contribution in [3.05, 3.63) is 0 Å². The molecule has 1 rings (SSSR count). The largest absolute Gasteiger partial charge is 0.351 e. The van der Waals surface area contributed by atoms with Crippen molar-refractivity contribution in [3.63, 3.8) is 0 Å². The fourth-order valence-electron chi connectivity index (χ4n) is 1.52. The van der Waals surface area contributed by atoms with Crippen LogP contribution in [0.1, 0.15) is 13.3 Å². The number of carbonyl (C=O) groups is 1. The Morgan fingerprint density at radius 2 is 2.08 bits per heavy atom. The second kappa shape index (κ2) is 2.87. The molecule has 13 heavy (non-hydrogen) atoms. The molecule has 76 valence electrons. The summed E-state index contributed by atoms with van der Waals surface area (Å²) in [4.78, 5) is 12.2. The summed E-state index contributed by atoms with van der Waals surface area (Å²) < 4.78 is 22.4. The maximum atomic E-state index is 11.2. The summed E-state index contributed by atoms with van der Waals surface area (Å²) >= 11 is 0. The van der Waals surface area contributed by atoms with Crippen LogP contribution < -0.4 is 5.73 Å². The van der Waals surface area contributed by atoms with Crippen molar-refractivity contribution in [3.8, 4) is 0 Å². The molecule has 2 N–H and O–H groups in total. The highest BCUT2D eigenvalue weighted by Crippen LogP contribution is 2.27. The third-order valence-corrected chi connectivity index (χ3v) is 4.51. The Bertz CT molecular complexity index is 325. The number of nitrogens with two attached hydrogens (primary N) is 1. The average Bonchev–Trinajstić information content (AvgIpc) is 2.25. The minimum atomic E-state index is -2.98. The number of primary amides is 1. The molecule has 5 nitrogen and oxygen atoms in total. The molecule has 0 aromatic rings. The van der Waals surface area contributed by atoms with Crippen molar-refractivity contribution >= 4 is 15.9 Å². The van der Waals surface area contributed by atoms with Gasteiger partial charge in [-0.25, -0.2) is 13.2 Å². The number of hydrogen-bond acceptors (Lipinski definition) is 3. The van der Waals surface area contributed by atoms with Crippen molar-refractivity contribution in [1.82, 2.24) is 4.90 Å². The third-order valence-electron chi connectivity index (χ3n) is 2.62. The topological polar surface area (TPSA) is 80.5 Å². The van der Waals surface area contributed by atoms with Gasteiger partial charge < -0.3 is 10.6 Å². The lowest BCUT2D eigenvalue weighted by Gasteiger charge is -2.32. The first-order chi connectivity index (χ1) is 5.77. The number of urea groups is 1. The lowest BCUT2D eigenvalue weighted by atomic mass is 10.0. The van der Waals surface area contributed by atoms with Crippen LogP contribution in [0.25, 0.3) is 0 Å². The summed E-state index contributed by atoms with van der Waals surface area (Å²) in [5.74, 6) is 0.153. The van der Waals surface area contributed by atoms with Crippen LogP contribution in [0.15, 0.2) is 0 Å². The van der Waals surface area contributed by atoms with Gasteiger partial charge in [0.2, 0.25) is 0 Å². The molecule has 0 saturated carbocycles. The standard InChI is InChI=1S/C7H14N2O3S/c1-7(9(2)6(8)10)3-4-13(11,12)5-7/h3-5H2,1-2H3,(H2,8,10)/t7-/m1/s1. The van der Waals surface area contributed by atoms with Crippen LogP contribution in [0.3, 0.4) is 0 Å². The van der Waals surface area contributed by atoms with Gasteiger partial charge in [0, 0.05) is 7.05 Å². The number of nitrogens with zero attached hydrogens (tertiary/aromatic N) is 1. The van der Waals surface area contributed by atoms with Crippen LogP contribution >= 0.6 is 0 Å². The van der Waals surface area contributed by atoms with Crippen molar-refractivity contribution < 1.29 is 13.2 Å². The van der Waals surface area contributed by atoms with Gasteiger partial charge in [0.1, 0.15) is 0 Å². The Morgan fingerprint density at radius 1 is 1.54 bits per heavy atom. The first kappa shape index (κ1) is 10.3. The van der Waals surface area contributed by atoms with Crippen molar-refractivity contribution in [2.24, 2.45) is 5.73 Å². The molecule has 1 heterocycles. The van der Waals surface area contributed by atoms with E-state index in [0.29, 0.717) is 6.42 Å². The number of amides is 2. The van der Waals surface area contributed by atoms with E-state index in [0.717, 1.165) is 0 Å². The molecule has 6 heteroatoms. The monoisotopic (exact) mass is 206 g/mol. The number of hydrogen-bond donors (Lipinski definition) is 1. The zero-order valence-corrected chi connectivity index (χ0v) is 8.60. The SMILES string of the molecule is CN(C(N)=O)[C@]1(C)CCS(=O)(=O)C1. The first-order valence-electron chi connectivity index (χ1n) is 4.01. The summed E-state index contributed by atoms with van der Waals surface area (Å²) in [6, 6.07) is -0.584. The van der Waals surface area contributed by atoms with E-state index >= 15 is 0 Å². The second-order valence-electron chi connectivity index (χ2n) is 3.74. The number of sulfone groups is 1. The molecule has 1 saturated heterocycles. The van der Waals surface area contributed by atoms with Crippen LogP contribution in [0, 0.1) is 0 Å². The van der Waals surface area contributed by atoms with Gasteiger partial charge in [-0.3, -0.25) is 0 Å². The Hall–Kier alpha value is -0.780. The van der Waals surface area contributed by atoms with Crippen LogP contribution in [0.4, 0.5) is 4.79 Å².